The van der Waals surface area contributed by atoms with Gasteiger partial charge in [0.05, 0.1) is 6.42 Å². The second-order valence-corrected chi connectivity index (χ2v) is 6.01. The number of amides is 1. The maximum absolute atomic E-state index is 11.7. The number of hydrogen-bond donors (Lipinski definition) is 1. The Morgan fingerprint density at radius 1 is 1.22 bits per heavy atom. The molecule has 0 radical (unpaired) electrons. The molecule has 1 amide bonds. The topological polar surface area (TPSA) is 29.1 Å². The van der Waals surface area contributed by atoms with Crippen LogP contribution in [-0.4, -0.2) is 17.3 Å². The second kappa shape index (κ2) is 6.01. The third kappa shape index (κ3) is 3.57. The predicted molar refractivity (Wildman–Crippen MR) is 79.1 cm³/mol. The maximum atomic E-state index is 11.7. The molecule has 2 nitrogen and oxygen atoms in total. The van der Waals surface area contributed by atoms with Gasteiger partial charge < -0.3 is 5.32 Å². The molecule has 1 N–H and O–H groups in total. The van der Waals surface area contributed by atoms with Crippen molar-refractivity contribution >= 4 is 32.6 Å². The fourth-order valence-electron chi connectivity index (χ4n) is 1.85. The Labute approximate surface area is 116 Å². The number of halogens is 1. The lowest BCUT2D eigenvalue weighted by molar-refractivity contribution is -0.120. The van der Waals surface area contributed by atoms with Crippen LogP contribution in [0.2, 0.25) is 0 Å². The molecular weight excluding hydrogens is 290 g/mol. The minimum absolute atomic E-state index is 0.0663. The average Bonchev–Trinajstić information content (AvgIpc) is 2.36. The highest BCUT2D eigenvalue weighted by molar-refractivity contribution is 9.09. The van der Waals surface area contributed by atoms with E-state index >= 15 is 0 Å². The molecule has 2 rings (SSSR count). The summed E-state index contributed by atoms with van der Waals surface area (Å²) >= 11 is 3.41. The van der Waals surface area contributed by atoms with E-state index in [2.05, 4.69) is 45.5 Å². The van der Waals surface area contributed by atoms with Crippen molar-refractivity contribution in [3.8, 4) is 0 Å². The molecule has 0 bridgehead atoms. The quantitative estimate of drug-likeness (QED) is 0.863. The minimum atomic E-state index is 0.0663. The van der Waals surface area contributed by atoms with E-state index in [4.69, 9.17) is 0 Å². The van der Waals surface area contributed by atoms with Crippen LogP contribution in [0, 0.1) is 0 Å². The van der Waals surface area contributed by atoms with Crippen molar-refractivity contribution in [2.45, 2.75) is 18.2 Å². The lowest BCUT2D eigenvalue weighted by Gasteiger charge is -2.07. The fourth-order valence-corrected chi connectivity index (χ4v) is 2.01. The van der Waals surface area contributed by atoms with E-state index in [0.717, 1.165) is 5.56 Å². The Balaban J connectivity index is 2.05. The molecular formula is C15H16BrNO. The molecule has 1 atom stereocenters. The highest BCUT2D eigenvalue weighted by atomic mass is 79.9. The van der Waals surface area contributed by atoms with Crippen LogP contribution >= 0.6 is 15.9 Å². The number of fused-ring (bicyclic) bond motifs is 1. The van der Waals surface area contributed by atoms with Crippen molar-refractivity contribution in [2.24, 2.45) is 0 Å². The van der Waals surface area contributed by atoms with Gasteiger partial charge in [-0.25, -0.2) is 0 Å². The van der Waals surface area contributed by atoms with E-state index in [9.17, 15) is 4.79 Å². The Morgan fingerprint density at radius 3 is 2.67 bits per heavy atom. The van der Waals surface area contributed by atoms with Crippen LogP contribution in [0.4, 0.5) is 0 Å². The first-order chi connectivity index (χ1) is 8.65. The van der Waals surface area contributed by atoms with Gasteiger partial charge >= 0.3 is 0 Å². The monoisotopic (exact) mass is 305 g/mol. The first kappa shape index (κ1) is 13.1. The highest BCUT2D eigenvalue weighted by Crippen LogP contribution is 2.15. The van der Waals surface area contributed by atoms with E-state index in [0.29, 0.717) is 17.8 Å². The average molecular weight is 306 g/mol. The zero-order valence-electron chi connectivity index (χ0n) is 10.3. The summed E-state index contributed by atoms with van der Waals surface area (Å²) in [5.74, 6) is 0.0663. The van der Waals surface area contributed by atoms with E-state index in [1.807, 2.05) is 25.1 Å². The van der Waals surface area contributed by atoms with Gasteiger partial charge in [0.1, 0.15) is 0 Å². The normalized spacial score (nSPS) is 12.3. The van der Waals surface area contributed by atoms with Gasteiger partial charge in [-0.05, 0) is 16.3 Å². The smallest absolute Gasteiger partial charge is 0.224 e. The van der Waals surface area contributed by atoms with Crippen LogP contribution in [0.1, 0.15) is 12.5 Å². The van der Waals surface area contributed by atoms with Crippen LogP contribution < -0.4 is 5.32 Å². The molecule has 1 unspecified atom stereocenters. The third-order valence-electron chi connectivity index (χ3n) is 2.76. The Bertz CT molecular complexity index is 551. The van der Waals surface area contributed by atoms with Crippen molar-refractivity contribution in [1.82, 2.24) is 5.32 Å². The van der Waals surface area contributed by atoms with Gasteiger partial charge in [0, 0.05) is 11.4 Å². The molecule has 0 aromatic heterocycles. The number of benzene rings is 2. The number of nitrogens with one attached hydrogen (secondary N) is 1. The molecule has 2 aromatic carbocycles. The predicted octanol–water partition coefficient (Wildman–Crippen LogP) is 3.28. The largest absolute Gasteiger partial charge is 0.355 e. The summed E-state index contributed by atoms with van der Waals surface area (Å²) in [6.45, 7) is 2.67. The van der Waals surface area contributed by atoms with Crippen molar-refractivity contribution in [3.05, 3.63) is 48.0 Å². The zero-order chi connectivity index (χ0) is 13.0. The molecule has 0 spiro atoms. The van der Waals surface area contributed by atoms with Crippen LogP contribution in [0.3, 0.4) is 0 Å². The fraction of sp³-hybridized carbons (Fsp3) is 0.267. The molecule has 94 valence electrons. The molecule has 3 heteroatoms. The first-order valence-corrected chi connectivity index (χ1v) is 6.95. The van der Waals surface area contributed by atoms with Crippen LogP contribution in [-0.2, 0) is 11.2 Å². The lowest BCUT2D eigenvalue weighted by atomic mass is 10.0. The van der Waals surface area contributed by atoms with Gasteiger partial charge in [-0.3, -0.25) is 4.79 Å². The third-order valence-corrected chi connectivity index (χ3v) is 3.08. The summed E-state index contributed by atoms with van der Waals surface area (Å²) in [4.78, 5) is 12.0. The highest BCUT2D eigenvalue weighted by Gasteiger charge is 2.05. The van der Waals surface area contributed by atoms with Crippen molar-refractivity contribution in [2.75, 3.05) is 6.54 Å². The number of carbonyl (C=O) groups excluding carboxylic acids is 1. The maximum Gasteiger partial charge on any atom is 0.224 e. The Morgan fingerprint density at radius 2 is 1.94 bits per heavy atom. The molecule has 0 heterocycles. The van der Waals surface area contributed by atoms with E-state index in [-0.39, 0.29) is 5.91 Å². The van der Waals surface area contributed by atoms with E-state index in [1.54, 1.807) is 0 Å². The number of rotatable bonds is 4. The summed E-state index contributed by atoms with van der Waals surface area (Å²) in [5.41, 5.74) is 1.05. The standard InChI is InChI=1S/C15H16BrNO/c1-11(16)10-17-15(18)9-12-6-7-13-4-2-3-5-14(13)8-12/h2-8,11H,9-10H2,1H3,(H,17,18). The molecule has 0 saturated heterocycles. The molecule has 18 heavy (non-hydrogen) atoms. The molecule has 0 aliphatic heterocycles. The summed E-state index contributed by atoms with van der Waals surface area (Å²) in [5, 5.41) is 5.27. The van der Waals surface area contributed by atoms with Crippen molar-refractivity contribution < 1.29 is 4.79 Å². The Hall–Kier alpha value is -1.35. The van der Waals surface area contributed by atoms with E-state index < -0.39 is 0 Å². The summed E-state index contributed by atoms with van der Waals surface area (Å²) in [7, 11) is 0. The number of alkyl halides is 1. The van der Waals surface area contributed by atoms with Gasteiger partial charge in [-0.1, -0.05) is 65.3 Å². The number of hydrogen-bond acceptors (Lipinski definition) is 1. The number of carbonyl (C=O) groups is 1. The van der Waals surface area contributed by atoms with Crippen molar-refractivity contribution in [1.29, 1.82) is 0 Å². The van der Waals surface area contributed by atoms with Crippen LogP contribution in [0.15, 0.2) is 42.5 Å². The first-order valence-electron chi connectivity index (χ1n) is 6.03. The summed E-state index contributed by atoms with van der Waals surface area (Å²) < 4.78 is 0. The molecule has 0 fully saturated rings. The Kier molecular flexibility index (Phi) is 4.37. The minimum Gasteiger partial charge on any atom is -0.355 e. The summed E-state index contributed by atoms with van der Waals surface area (Å²) in [6, 6.07) is 14.3. The van der Waals surface area contributed by atoms with Gasteiger partial charge in [0.25, 0.3) is 0 Å². The second-order valence-electron chi connectivity index (χ2n) is 4.44. The zero-order valence-corrected chi connectivity index (χ0v) is 11.9. The van der Waals surface area contributed by atoms with Crippen LogP contribution in [0.5, 0.6) is 0 Å². The lowest BCUT2D eigenvalue weighted by Crippen LogP contribution is -2.29. The molecule has 0 aliphatic carbocycles. The van der Waals surface area contributed by atoms with E-state index in [1.165, 1.54) is 10.8 Å². The summed E-state index contributed by atoms with van der Waals surface area (Å²) in [6.07, 6.45) is 0.435. The van der Waals surface area contributed by atoms with Crippen LogP contribution in [0.25, 0.3) is 10.8 Å². The van der Waals surface area contributed by atoms with Gasteiger partial charge in [-0.2, -0.15) is 0 Å². The molecule has 2 aromatic rings. The van der Waals surface area contributed by atoms with Gasteiger partial charge in [-0.15, -0.1) is 0 Å². The SMILES string of the molecule is CC(Br)CNC(=O)Cc1ccc2ccccc2c1. The molecule has 0 aliphatic rings. The molecule has 0 saturated carbocycles. The van der Waals surface area contributed by atoms with Gasteiger partial charge in [0.2, 0.25) is 5.91 Å². The van der Waals surface area contributed by atoms with Gasteiger partial charge in [0.15, 0.2) is 0 Å². The van der Waals surface area contributed by atoms with Crippen molar-refractivity contribution in [3.63, 3.8) is 0 Å².